The van der Waals surface area contributed by atoms with Gasteiger partial charge in [-0.1, -0.05) is 5.16 Å². The van der Waals surface area contributed by atoms with Crippen molar-refractivity contribution in [2.75, 3.05) is 19.6 Å². The summed E-state index contributed by atoms with van der Waals surface area (Å²) < 4.78 is 4.60. The Kier molecular flexibility index (Phi) is 5.28. The van der Waals surface area contributed by atoms with Crippen molar-refractivity contribution in [2.24, 2.45) is 5.92 Å². The van der Waals surface area contributed by atoms with Crippen LogP contribution < -0.4 is 10.6 Å². The van der Waals surface area contributed by atoms with Crippen LogP contribution in [0.25, 0.3) is 0 Å². The summed E-state index contributed by atoms with van der Waals surface area (Å²) in [5, 5.41) is 9.74. The molecule has 6 heteroatoms. The quantitative estimate of drug-likeness (QED) is 0.828. The van der Waals surface area contributed by atoms with Gasteiger partial charge >= 0.3 is 0 Å². The van der Waals surface area contributed by atoms with E-state index in [1.165, 1.54) is 19.1 Å². The van der Waals surface area contributed by atoms with Gasteiger partial charge in [-0.25, -0.2) is 0 Å². The highest BCUT2D eigenvalue weighted by atomic mass is 35.5. The molecule has 1 saturated heterocycles. The van der Waals surface area contributed by atoms with Crippen LogP contribution in [-0.4, -0.2) is 30.7 Å². The van der Waals surface area contributed by atoms with Crippen molar-refractivity contribution in [3.63, 3.8) is 0 Å². The lowest BCUT2D eigenvalue weighted by Crippen LogP contribution is -2.38. The minimum atomic E-state index is -0.158. The monoisotopic (exact) mass is 245 g/mol. The maximum Gasteiger partial charge on any atom is 0.273 e. The zero-order chi connectivity index (χ0) is 10.5. The molecule has 0 saturated carbocycles. The first kappa shape index (κ1) is 13.0. The van der Waals surface area contributed by atoms with E-state index >= 15 is 0 Å². The van der Waals surface area contributed by atoms with Gasteiger partial charge in [0, 0.05) is 12.6 Å². The second-order valence-corrected chi connectivity index (χ2v) is 3.81. The Labute approximate surface area is 100 Å². The van der Waals surface area contributed by atoms with Crippen LogP contribution >= 0.6 is 12.4 Å². The van der Waals surface area contributed by atoms with Crippen molar-refractivity contribution in [1.29, 1.82) is 0 Å². The molecule has 1 atom stereocenters. The van der Waals surface area contributed by atoms with Crippen LogP contribution in [0.15, 0.2) is 16.9 Å². The molecule has 2 N–H and O–H groups in total. The molecular formula is C10H16ClN3O2. The maximum absolute atomic E-state index is 11.5. The molecule has 0 spiro atoms. The van der Waals surface area contributed by atoms with Gasteiger partial charge in [0.1, 0.15) is 6.26 Å². The normalized spacial score (nSPS) is 19.9. The molecule has 1 aliphatic heterocycles. The highest BCUT2D eigenvalue weighted by Gasteiger charge is 2.15. The van der Waals surface area contributed by atoms with Crippen molar-refractivity contribution >= 4 is 18.3 Å². The van der Waals surface area contributed by atoms with Crippen molar-refractivity contribution in [2.45, 2.75) is 12.8 Å². The zero-order valence-electron chi connectivity index (χ0n) is 8.94. The number of nitrogens with one attached hydrogen (secondary N) is 2. The highest BCUT2D eigenvalue weighted by molar-refractivity contribution is 5.91. The van der Waals surface area contributed by atoms with Gasteiger partial charge in [-0.2, -0.15) is 0 Å². The van der Waals surface area contributed by atoms with E-state index in [1.807, 2.05) is 0 Å². The highest BCUT2D eigenvalue weighted by Crippen LogP contribution is 2.08. The molecule has 0 aliphatic carbocycles. The SMILES string of the molecule is Cl.O=C(NCC1CCCNC1)c1ccon1. The summed E-state index contributed by atoms with van der Waals surface area (Å²) in [5.41, 5.74) is 0.346. The van der Waals surface area contributed by atoms with E-state index in [-0.39, 0.29) is 18.3 Å². The summed E-state index contributed by atoms with van der Waals surface area (Å²) in [6.45, 7) is 2.78. The molecule has 1 unspecified atom stereocenters. The summed E-state index contributed by atoms with van der Waals surface area (Å²) >= 11 is 0. The average molecular weight is 246 g/mol. The first-order valence-electron chi connectivity index (χ1n) is 5.25. The van der Waals surface area contributed by atoms with Crippen LogP contribution in [-0.2, 0) is 0 Å². The van der Waals surface area contributed by atoms with Gasteiger partial charge in [0.2, 0.25) is 0 Å². The van der Waals surface area contributed by atoms with Gasteiger partial charge in [-0.3, -0.25) is 4.79 Å². The summed E-state index contributed by atoms with van der Waals surface area (Å²) in [4.78, 5) is 11.5. The van der Waals surface area contributed by atoms with Crippen molar-refractivity contribution in [1.82, 2.24) is 15.8 Å². The van der Waals surface area contributed by atoms with Crippen molar-refractivity contribution in [3.05, 3.63) is 18.0 Å². The molecule has 1 aromatic rings. The lowest BCUT2D eigenvalue weighted by Gasteiger charge is -2.22. The van der Waals surface area contributed by atoms with Gasteiger partial charge < -0.3 is 15.2 Å². The standard InChI is InChI=1S/C10H15N3O2.ClH/c14-10(9-3-5-15-13-9)12-7-8-2-1-4-11-6-8;/h3,5,8,11H,1-2,4,6-7H2,(H,12,14);1H. The molecule has 1 amide bonds. The molecule has 2 rings (SSSR count). The van der Waals surface area contributed by atoms with Crippen LogP contribution in [0.1, 0.15) is 23.3 Å². The molecule has 1 aromatic heterocycles. The van der Waals surface area contributed by atoms with E-state index in [1.54, 1.807) is 6.07 Å². The molecule has 1 aliphatic rings. The second-order valence-electron chi connectivity index (χ2n) is 3.81. The topological polar surface area (TPSA) is 67.2 Å². The number of carbonyl (C=O) groups excluding carboxylic acids is 1. The molecule has 0 radical (unpaired) electrons. The smallest absolute Gasteiger partial charge is 0.273 e. The minimum Gasteiger partial charge on any atom is -0.364 e. The minimum absolute atomic E-state index is 0. The zero-order valence-corrected chi connectivity index (χ0v) is 9.76. The van der Waals surface area contributed by atoms with Crippen LogP contribution in [0.2, 0.25) is 0 Å². The number of halogens is 1. The van der Waals surface area contributed by atoms with Gasteiger partial charge in [0.05, 0.1) is 0 Å². The largest absolute Gasteiger partial charge is 0.364 e. The van der Waals surface area contributed by atoms with Crippen LogP contribution in [0.4, 0.5) is 0 Å². The lowest BCUT2D eigenvalue weighted by atomic mass is 10.00. The van der Waals surface area contributed by atoms with E-state index in [2.05, 4.69) is 20.3 Å². The molecule has 2 heterocycles. The van der Waals surface area contributed by atoms with Crippen LogP contribution in [0.3, 0.4) is 0 Å². The number of aromatic nitrogens is 1. The fraction of sp³-hybridized carbons (Fsp3) is 0.600. The predicted molar refractivity (Wildman–Crippen MR) is 61.7 cm³/mol. The molecule has 90 valence electrons. The Bertz CT molecular complexity index is 310. The number of nitrogens with zero attached hydrogens (tertiary/aromatic N) is 1. The second kappa shape index (κ2) is 6.50. The first-order valence-corrected chi connectivity index (χ1v) is 5.25. The number of rotatable bonds is 3. The number of amides is 1. The summed E-state index contributed by atoms with van der Waals surface area (Å²) in [6, 6.07) is 1.56. The first-order chi connectivity index (χ1) is 7.36. The third kappa shape index (κ3) is 3.50. The Morgan fingerprint density at radius 3 is 3.19 bits per heavy atom. The number of piperidine rings is 1. The summed E-state index contributed by atoms with van der Waals surface area (Å²) in [5.74, 6) is 0.379. The number of carbonyl (C=O) groups is 1. The molecule has 0 bridgehead atoms. The van der Waals surface area contributed by atoms with E-state index in [9.17, 15) is 4.79 Å². The summed E-state index contributed by atoms with van der Waals surface area (Å²) in [6.07, 6.45) is 3.76. The molecule has 1 fully saturated rings. The molecular weight excluding hydrogens is 230 g/mol. The van der Waals surface area contributed by atoms with Gasteiger partial charge in [-0.15, -0.1) is 12.4 Å². The van der Waals surface area contributed by atoms with E-state index < -0.39 is 0 Å². The Balaban J connectivity index is 0.00000128. The average Bonchev–Trinajstić information content (AvgIpc) is 2.81. The fourth-order valence-electron chi connectivity index (χ4n) is 1.76. The third-order valence-corrected chi connectivity index (χ3v) is 2.62. The van der Waals surface area contributed by atoms with Crippen molar-refractivity contribution < 1.29 is 9.32 Å². The molecule has 0 aromatic carbocycles. The lowest BCUT2D eigenvalue weighted by molar-refractivity contribution is 0.0936. The van der Waals surface area contributed by atoms with E-state index in [0.29, 0.717) is 18.2 Å². The van der Waals surface area contributed by atoms with E-state index in [4.69, 9.17) is 0 Å². The number of hydrogen-bond donors (Lipinski definition) is 2. The maximum atomic E-state index is 11.5. The van der Waals surface area contributed by atoms with Gasteiger partial charge in [0.15, 0.2) is 5.69 Å². The van der Waals surface area contributed by atoms with Gasteiger partial charge in [0.25, 0.3) is 5.91 Å². The van der Waals surface area contributed by atoms with Crippen LogP contribution in [0.5, 0.6) is 0 Å². The molecule has 16 heavy (non-hydrogen) atoms. The third-order valence-electron chi connectivity index (χ3n) is 2.62. The number of hydrogen-bond acceptors (Lipinski definition) is 4. The molecule has 5 nitrogen and oxygen atoms in total. The van der Waals surface area contributed by atoms with Crippen molar-refractivity contribution in [3.8, 4) is 0 Å². The Morgan fingerprint density at radius 2 is 2.56 bits per heavy atom. The van der Waals surface area contributed by atoms with Gasteiger partial charge in [-0.05, 0) is 31.8 Å². The summed E-state index contributed by atoms with van der Waals surface area (Å²) in [7, 11) is 0. The van der Waals surface area contributed by atoms with Crippen LogP contribution in [0, 0.1) is 5.92 Å². The van der Waals surface area contributed by atoms with E-state index in [0.717, 1.165) is 13.1 Å². The fourth-order valence-corrected chi connectivity index (χ4v) is 1.76. The Hall–Kier alpha value is -1.07. The Morgan fingerprint density at radius 1 is 1.69 bits per heavy atom. The predicted octanol–water partition coefficient (Wildman–Crippen LogP) is 0.826.